The third-order valence-electron chi connectivity index (χ3n) is 4.42. The van der Waals surface area contributed by atoms with Gasteiger partial charge in [0.15, 0.2) is 11.0 Å². The van der Waals surface area contributed by atoms with Crippen LogP contribution in [0.4, 0.5) is 15.0 Å². The zero-order chi connectivity index (χ0) is 20.6. The van der Waals surface area contributed by atoms with Gasteiger partial charge in [0.2, 0.25) is 5.28 Å². The van der Waals surface area contributed by atoms with Gasteiger partial charge >= 0.3 is 6.09 Å². The van der Waals surface area contributed by atoms with E-state index in [2.05, 4.69) is 15.0 Å². The lowest BCUT2D eigenvalue weighted by Gasteiger charge is -2.26. The molecule has 0 radical (unpaired) electrons. The van der Waals surface area contributed by atoms with E-state index in [4.69, 9.17) is 27.9 Å². The molecule has 0 N–H and O–H groups in total. The molecule has 2 aromatic rings. The number of carbonyl (C=O) groups excluding carboxylic acids is 1. The zero-order valence-corrected chi connectivity index (χ0v) is 17.7. The maximum atomic E-state index is 14.3. The molecule has 10 heteroatoms. The molecule has 28 heavy (non-hydrogen) atoms. The minimum Gasteiger partial charge on any atom is -0.444 e. The fraction of sp³-hybridized carbons (Fsp3) is 0.556. The molecule has 0 saturated carbocycles. The Morgan fingerprint density at radius 3 is 2.79 bits per heavy atom. The second-order valence-electron chi connectivity index (χ2n) is 7.90. The van der Waals surface area contributed by atoms with Gasteiger partial charge in [-0.05, 0) is 44.7 Å². The molecule has 1 fully saturated rings. The van der Waals surface area contributed by atoms with Crippen LogP contribution >= 0.6 is 23.2 Å². The van der Waals surface area contributed by atoms with Crippen molar-refractivity contribution in [2.75, 3.05) is 31.6 Å². The summed E-state index contributed by atoms with van der Waals surface area (Å²) in [6.45, 7) is 7.37. The molecule has 3 rings (SSSR count). The van der Waals surface area contributed by atoms with E-state index in [1.165, 1.54) is 6.20 Å². The van der Waals surface area contributed by atoms with E-state index < -0.39 is 11.4 Å². The van der Waals surface area contributed by atoms with Crippen LogP contribution in [0.15, 0.2) is 6.20 Å². The first-order valence-electron chi connectivity index (χ1n) is 8.91. The Labute approximate surface area is 172 Å². The van der Waals surface area contributed by atoms with E-state index in [-0.39, 0.29) is 28.0 Å². The average molecular weight is 430 g/mol. The number of aromatic nitrogens is 3. The molecule has 0 aliphatic carbocycles. The molecule has 1 aliphatic heterocycles. The Hall–Kier alpha value is -1.93. The van der Waals surface area contributed by atoms with E-state index in [0.717, 1.165) is 6.42 Å². The second-order valence-corrected chi connectivity index (χ2v) is 8.60. The van der Waals surface area contributed by atoms with Crippen LogP contribution in [-0.4, -0.2) is 58.2 Å². The average Bonchev–Trinajstić information content (AvgIpc) is 3.04. The van der Waals surface area contributed by atoms with Gasteiger partial charge in [-0.2, -0.15) is 4.98 Å². The Balaban J connectivity index is 1.76. The lowest BCUT2D eigenvalue weighted by atomic mass is 10.1. The standard InChI is InChI=1S/C18H22Cl2FN5O2/c1-18(2,3)28-17(27)25(4)8-10-5-6-26(9-10)15-11-7-22-14(19)12(21)13(11)23-16(20)24-15/h7,10H,5-6,8-9H2,1-4H3/t10-/m1/s1. The number of anilines is 1. The molecule has 0 spiro atoms. The van der Waals surface area contributed by atoms with Crippen molar-refractivity contribution < 1.29 is 13.9 Å². The van der Waals surface area contributed by atoms with Crippen molar-refractivity contribution in [1.82, 2.24) is 19.9 Å². The molecule has 0 bridgehead atoms. The number of hydrogen-bond acceptors (Lipinski definition) is 6. The maximum Gasteiger partial charge on any atom is 0.410 e. The van der Waals surface area contributed by atoms with Crippen molar-refractivity contribution >= 4 is 46.0 Å². The van der Waals surface area contributed by atoms with Crippen LogP contribution in [0, 0.1) is 11.7 Å². The summed E-state index contributed by atoms with van der Waals surface area (Å²) in [4.78, 5) is 27.8. The minimum atomic E-state index is -0.717. The summed E-state index contributed by atoms with van der Waals surface area (Å²) in [5.74, 6) is 0.0111. The third kappa shape index (κ3) is 4.55. The SMILES string of the molecule is CN(C[C@H]1CCN(c2nc(Cl)nc3c(F)c(Cl)ncc23)C1)C(=O)OC(C)(C)C. The van der Waals surface area contributed by atoms with Crippen LogP contribution in [0.1, 0.15) is 27.2 Å². The zero-order valence-electron chi connectivity index (χ0n) is 16.2. The minimum absolute atomic E-state index is 0.0457. The number of halogens is 3. The van der Waals surface area contributed by atoms with Crippen LogP contribution in [0.25, 0.3) is 10.9 Å². The number of fused-ring (bicyclic) bond motifs is 1. The van der Waals surface area contributed by atoms with Crippen molar-refractivity contribution in [1.29, 1.82) is 0 Å². The van der Waals surface area contributed by atoms with Crippen LogP contribution in [0.5, 0.6) is 0 Å². The van der Waals surface area contributed by atoms with Crippen molar-refractivity contribution in [2.45, 2.75) is 32.8 Å². The number of hydrogen-bond donors (Lipinski definition) is 0. The molecule has 1 amide bonds. The highest BCUT2D eigenvalue weighted by Crippen LogP contribution is 2.32. The van der Waals surface area contributed by atoms with E-state index in [0.29, 0.717) is 30.8 Å². The summed E-state index contributed by atoms with van der Waals surface area (Å²) in [5.41, 5.74) is -0.494. The smallest absolute Gasteiger partial charge is 0.410 e. The Bertz CT molecular complexity index is 906. The van der Waals surface area contributed by atoms with Crippen LogP contribution in [0.2, 0.25) is 10.4 Å². The van der Waals surface area contributed by atoms with Crippen LogP contribution in [-0.2, 0) is 4.74 Å². The summed E-state index contributed by atoms with van der Waals surface area (Å²) in [7, 11) is 1.72. The first-order valence-corrected chi connectivity index (χ1v) is 9.67. The fourth-order valence-corrected chi connectivity index (χ4v) is 3.51. The molecule has 2 aromatic heterocycles. The molecule has 1 saturated heterocycles. The van der Waals surface area contributed by atoms with Crippen molar-refractivity contribution in [3.63, 3.8) is 0 Å². The normalized spacial score (nSPS) is 17.2. The lowest BCUT2D eigenvalue weighted by Crippen LogP contribution is -2.37. The Morgan fingerprint density at radius 1 is 1.39 bits per heavy atom. The van der Waals surface area contributed by atoms with Gasteiger partial charge in [-0.3, -0.25) is 0 Å². The van der Waals surface area contributed by atoms with Gasteiger partial charge in [0.05, 0.1) is 5.39 Å². The molecule has 0 aromatic carbocycles. The molecular formula is C18H22Cl2FN5O2. The predicted molar refractivity (Wildman–Crippen MR) is 106 cm³/mol. The van der Waals surface area contributed by atoms with Gasteiger partial charge in [-0.15, -0.1) is 0 Å². The van der Waals surface area contributed by atoms with E-state index in [9.17, 15) is 9.18 Å². The van der Waals surface area contributed by atoms with Gasteiger partial charge in [0.1, 0.15) is 16.9 Å². The van der Waals surface area contributed by atoms with Gasteiger partial charge in [-0.25, -0.2) is 19.2 Å². The molecule has 7 nitrogen and oxygen atoms in total. The van der Waals surface area contributed by atoms with E-state index in [1.54, 1.807) is 11.9 Å². The topological polar surface area (TPSA) is 71.5 Å². The number of carbonyl (C=O) groups is 1. The summed E-state index contributed by atoms with van der Waals surface area (Å²) in [5, 5.41) is 0.136. The first-order chi connectivity index (χ1) is 13.0. The quantitative estimate of drug-likeness (QED) is 0.538. The number of ether oxygens (including phenoxy) is 1. The summed E-state index contributed by atoms with van der Waals surface area (Å²) < 4.78 is 19.7. The monoisotopic (exact) mass is 429 g/mol. The Kier molecular flexibility index (Phi) is 5.82. The molecule has 3 heterocycles. The van der Waals surface area contributed by atoms with Crippen molar-refractivity contribution in [2.24, 2.45) is 5.92 Å². The first kappa shape index (κ1) is 20.8. The summed E-state index contributed by atoms with van der Waals surface area (Å²) in [6, 6.07) is 0. The summed E-state index contributed by atoms with van der Waals surface area (Å²) >= 11 is 11.8. The molecule has 1 atom stereocenters. The number of amides is 1. The predicted octanol–water partition coefficient (Wildman–Crippen LogP) is 4.16. The van der Waals surface area contributed by atoms with Gasteiger partial charge in [0, 0.05) is 32.9 Å². The molecule has 0 unspecified atom stereocenters. The van der Waals surface area contributed by atoms with Gasteiger partial charge in [-0.1, -0.05) is 11.6 Å². The van der Waals surface area contributed by atoms with E-state index in [1.807, 2.05) is 25.7 Å². The van der Waals surface area contributed by atoms with Crippen molar-refractivity contribution in [3.8, 4) is 0 Å². The Morgan fingerprint density at radius 2 is 2.11 bits per heavy atom. The number of pyridine rings is 1. The summed E-state index contributed by atoms with van der Waals surface area (Å²) in [6.07, 6.45) is 1.94. The second kappa shape index (κ2) is 7.83. The third-order valence-corrected chi connectivity index (χ3v) is 4.85. The number of nitrogens with zero attached hydrogens (tertiary/aromatic N) is 5. The highest BCUT2D eigenvalue weighted by molar-refractivity contribution is 6.30. The highest BCUT2D eigenvalue weighted by atomic mass is 35.5. The molecular weight excluding hydrogens is 408 g/mol. The largest absolute Gasteiger partial charge is 0.444 e. The van der Waals surface area contributed by atoms with Gasteiger partial charge < -0.3 is 14.5 Å². The number of rotatable bonds is 3. The molecule has 1 aliphatic rings. The fourth-order valence-electron chi connectivity index (χ4n) is 3.21. The highest BCUT2D eigenvalue weighted by Gasteiger charge is 2.29. The van der Waals surface area contributed by atoms with Gasteiger partial charge in [0.25, 0.3) is 0 Å². The molecule has 152 valence electrons. The van der Waals surface area contributed by atoms with E-state index >= 15 is 0 Å². The van der Waals surface area contributed by atoms with Crippen LogP contribution < -0.4 is 4.90 Å². The van der Waals surface area contributed by atoms with Crippen LogP contribution in [0.3, 0.4) is 0 Å². The van der Waals surface area contributed by atoms with Crippen molar-refractivity contribution in [3.05, 3.63) is 22.5 Å². The maximum absolute atomic E-state index is 14.3. The lowest BCUT2D eigenvalue weighted by molar-refractivity contribution is 0.0277.